The topological polar surface area (TPSA) is 49.8 Å². The molecule has 1 amide bonds. The van der Waals surface area contributed by atoms with Crippen LogP contribution in [-0.2, 0) is 11.2 Å². The van der Waals surface area contributed by atoms with Crippen molar-refractivity contribution in [1.82, 2.24) is 4.90 Å². The van der Waals surface area contributed by atoms with Gasteiger partial charge in [-0.05, 0) is 94.2 Å². The van der Waals surface area contributed by atoms with Crippen LogP contribution >= 0.6 is 11.6 Å². The number of likely N-dealkylation sites (tertiary alicyclic amines) is 1. The Morgan fingerprint density at radius 3 is 2.59 bits per heavy atom. The summed E-state index contributed by atoms with van der Waals surface area (Å²) in [5.74, 6) is 2.75. The first-order chi connectivity index (χ1) is 13.8. The van der Waals surface area contributed by atoms with Crippen molar-refractivity contribution < 1.29 is 14.6 Å². The molecule has 4 nitrogen and oxygen atoms in total. The number of benzene rings is 1. The predicted octanol–water partition coefficient (Wildman–Crippen LogP) is 4.46. The molecule has 6 rings (SSSR count). The summed E-state index contributed by atoms with van der Waals surface area (Å²) in [4.78, 5) is 15.5. The Morgan fingerprint density at radius 2 is 1.97 bits per heavy atom. The second kappa shape index (κ2) is 7.16. The highest BCUT2D eigenvalue weighted by Crippen LogP contribution is 2.57. The lowest BCUT2D eigenvalue weighted by molar-refractivity contribution is -0.168. The van der Waals surface area contributed by atoms with Gasteiger partial charge in [0.25, 0.3) is 0 Å². The van der Waals surface area contributed by atoms with Gasteiger partial charge < -0.3 is 14.7 Å². The molecular weight excluding hydrogens is 386 g/mol. The van der Waals surface area contributed by atoms with Gasteiger partial charge in [-0.2, -0.15) is 0 Å². The van der Waals surface area contributed by atoms with Crippen molar-refractivity contribution in [3.05, 3.63) is 28.8 Å². The zero-order chi connectivity index (χ0) is 20.3. The first-order valence-electron chi connectivity index (χ1n) is 11.3. The Morgan fingerprint density at radius 1 is 1.24 bits per heavy atom. The maximum atomic E-state index is 13.3. The fourth-order valence-corrected chi connectivity index (χ4v) is 7.26. The number of hydrogen-bond donors (Lipinski definition) is 1. The minimum absolute atomic E-state index is 0.0182. The number of hydrogen-bond acceptors (Lipinski definition) is 3. The summed E-state index contributed by atoms with van der Waals surface area (Å²) in [6.07, 6.45) is 6.87. The zero-order valence-corrected chi connectivity index (χ0v) is 18.2. The van der Waals surface area contributed by atoms with Gasteiger partial charge in [0.05, 0.1) is 11.7 Å². The van der Waals surface area contributed by atoms with E-state index >= 15 is 0 Å². The van der Waals surface area contributed by atoms with Gasteiger partial charge in [-0.1, -0.05) is 17.7 Å². The number of amides is 1. The zero-order valence-electron chi connectivity index (χ0n) is 17.4. The molecular formula is C24H32ClNO3. The minimum atomic E-state index is -0.442. The van der Waals surface area contributed by atoms with Gasteiger partial charge in [0.2, 0.25) is 5.91 Å². The average molecular weight is 418 g/mol. The van der Waals surface area contributed by atoms with Crippen LogP contribution in [0.15, 0.2) is 18.2 Å². The second-order valence-electron chi connectivity index (χ2n) is 10.3. The van der Waals surface area contributed by atoms with Crippen LogP contribution < -0.4 is 4.74 Å². The van der Waals surface area contributed by atoms with Crippen molar-refractivity contribution in [2.45, 2.75) is 76.5 Å². The molecule has 1 aromatic rings. The Labute approximate surface area is 178 Å². The maximum Gasteiger partial charge on any atom is 0.226 e. The highest BCUT2D eigenvalue weighted by Gasteiger charge is 2.57. The fourth-order valence-electron chi connectivity index (χ4n) is 7.02. The number of carbonyl (C=O) groups excluding carboxylic acids is 1. The highest BCUT2D eigenvalue weighted by atomic mass is 35.5. The number of nitrogens with zero attached hydrogens (tertiary/aromatic N) is 1. The van der Waals surface area contributed by atoms with Crippen molar-refractivity contribution in [2.75, 3.05) is 6.54 Å². The average Bonchev–Trinajstić information content (AvgIpc) is 2.96. The van der Waals surface area contributed by atoms with E-state index in [1.807, 2.05) is 32.0 Å². The standard InChI is InChI=1S/C24H32ClNO3/c1-14(2)29-20-4-3-16(21(25)10-20)9-17-5-6-26(23(17)27)22-18-7-15-8-19(22)13-24(28,11-15)12-18/h3-4,10,14-15,17-19,22,28H,5-9,11-13H2,1-2H3. The van der Waals surface area contributed by atoms with Crippen molar-refractivity contribution in [3.63, 3.8) is 0 Å². The number of rotatable bonds is 5. The van der Waals surface area contributed by atoms with Crippen molar-refractivity contribution in [3.8, 4) is 5.75 Å². The van der Waals surface area contributed by atoms with Crippen LogP contribution in [0.1, 0.15) is 57.9 Å². The summed E-state index contributed by atoms with van der Waals surface area (Å²) in [6.45, 7) is 4.85. The minimum Gasteiger partial charge on any atom is -0.491 e. The van der Waals surface area contributed by atoms with Crippen LogP contribution in [0.4, 0.5) is 0 Å². The Balaban J connectivity index is 1.28. The molecule has 29 heavy (non-hydrogen) atoms. The molecule has 0 spiro atoms. The number of halogens is 1. The molecule has 1 aliphatic heterocycles. The fraction of sp³-hybridized carbons (Fsp3) is 0.708. The number of aliphatic hydroxyl groups is 1. The van der Waals surface area contributed by atoms with E-state index < -0.39 is 5.60 Å². The third-order valence-corrected chi connectivity index (χ3v) is 8.12. The summed E-state index contributed by atoms with van der Waals surface area (Å²) in [5.41, 5.74) is 0.588. The van der Waals surface area contributed by atoms with Crippen molar-refractivity contribution in [1.29, 1.82) is 0 Å². The Hall–Kier alpha value is -1.26. The van der Waals surface area contributed by atoms with Crippen molar-refractivity contribution in [2.24, 2.45) is 23.7 Å². The quantitative estimate of drug-likeness (QED) is 0.769. The summed E-state index contributed by atoms with van der Waals surface area (Å²) >= 11 is 6.51. The molecule has 5 aliphatic rings. The molecule has 0 aromatic heterocycles. The first kappa shape index (κ1) is 19.7. The second-order valence-corrected chi connectivity index (χ2v) is 10.7. The molecule has 5 fully saturated rings. The van der Waals surface area contributed by atoms with Gasteiger partial charge in [-0.3, -0.25) is 4.79 Å². The third-order valence-electron chi connectivity index (χ3n) is 7.76. The van der Waals surface area contributed by atoms with E-state index in [4.69, 9.17) is 16.3 Å². The normalized spacial score (nSPS) is 38.3. The summed E-state index contributed by atoms with van der Waals surface area (Å²) in [6, 6.07) is 6.18. The Bertz CT molecular complexity index is 793. The monoisotopic (exact) mass is 417 g/mol. The molecule has 4 saturated carbocycles. The van der Waals surface area contributed by atoms with E-state index in [1.54, 1.807) is 0 Å². The van der Waals surface area contributed by atoms with Gasteiger partial charge in [-0.15, -0.1) is 0 Å². The van der Waals surface area contributed by atoms with Crippen LogP contribution in [-0.4, -0.2) is 40.2 Å². The van der Waals surface area contributed by atoms with Gasteiger partial charge in [-0.25, -0.2) is 0 Å². The maximum absolute atomic E-state index is 13.3. The number of ether oxygens (including phenoxy) is 1. The smallest absolute Gasteiger partial charge is 0.226 e. The van der Waals surface area contributed by atoms with Gasteiger partial charge in [0, 0.05) is 23.5 Å². The lowest BCUT2D eigenvalue weighted by atomic mass is 9.52. The van der Waals surface area contributed by atoms with E-state index in [-0.39, 0.29) is 12.0 Å². The van der Waals surface area contributed by atoms with Gasteiger partial charge >= 0.3 is 0 Å². The molecule has 0 radical (unpaired) electrons. The van der Waals surface area contributed by atoms with Crippen LogP contribution in [0.2, 0.25) is 5.02 Å². The summed E-state index contributed by atoms with van der Waals surface area (Å²) in [7, 11) is 0. The van der Waals surface area contributed by atoms with E-state index in [9.17, 15) is 9.90 Å². The van der Waals surface area contributed by atoms with Gasteiger partial charge in [0.1, 0.15) is 5.75 Å². The summed E-state index contributed by atoms with van der Waals surface area (Å²) in [5, 5.41) is 11.5. The molecule has 1 saturated heterocycles. The van der Waals surface area contributed by atoms with E-state index in [2.05, 4.69) is 4.90 Å². The lowest BCUT2D eigenvalue weighted by Crippen LogP contribution is -2.62. The summed E-state index contributed by atoms with van der Waals surface area (Å²) < 4.78 is 5.72. The van der Waals surface area contributed by atoms with E-state index in [1.165, 1.54) is 12.8 Å². The molecule has 5 heteroatoms. The molecule has 3 atom stereocenters. The van der Waals surface area contributed by atoms with E-state index in [0.29, 0.717) is 41.1 Å². The first-order valence-corrected chi connectivity index (χ1v) is 11.7. The molecule has 158 valence electrons. The van der Waals surface area contributed by atoms with Crippen molar-refractivity contribution >= 4 is 17.5 Å². The van der Waals surface area contributed by atoms with Crippen LogP contribution in [0.3, 0.4) is 0 Å². The molecule has 1 aromatic carbocycles. The Kier molecular flexibility index (Phi) is 4.86. The molecule has 1 heterocycles. The molecule has 4 aliphatic carbocycles. The van der Waals surface area contributed by atoms with E-state index in [0.717, 1.165) is 43.5 Å². The molecule has 4 bridgehead atoms. The number of carbonyl (C=O) groups is 1. The van der Waals surface area contributed by atoms with Gasteiger partial charge in [0.15, 0.2) is 0 Å². The highest BCUT2D eigenvalue weighted by molar-refractivity contribution is 6.31. The van der Waals surface area contributed by atoms with Crippen LogP contribution in [0, 0.1) is 23.7 Å². The predicted molar refractivity (Wildman–Crippen MR) is 113 cm³/mol. The largest absolute Gasteiger partial charge is 0.491 e. The third kappa shape index (κ3) is 3.57. The SMILES string of the molecule is CC(C)Oc1ccc(CC2CCN(C3C4CC5CC3CC(O)(C5)C4)C2=O)c(Cl)c1. The molecule has 1 N–H and O–H groups in total. The van der Waals surface area contributed by atoms with Crippen LogP contribution in [0.5, 0.6) is 5.75 Å². The lowest BCUT2D eigenvalue weighted by Gasteiger charge is -2.59. The van der Waals surface area contributed by atoms with Crippen LogP contribution in [0.25, 0.3) is 0 Å². The molecule has 3 unspecified atom stereocenters.